The quantitative estimate of drug-likeness (QED) is 0.697. The van der Waals surface area contributed by atoms with Crippen molar-refractivity contribution in [3.05, 3.63) is 41.2 Å². The van der Waals surface area contributed by atoms with Gasteiger partial charge in [-0.3, -0.25) is 0 Å². The monoisotopic (exact) mass is 357 g/mol. The third-order valence-corrected chi connectivity index (χ3v) is 3.35. The fraction of sp³-hybridized carbons (Fsp3) is 0.333. The second kappa shape index (κ2) is 8.67. The number of aromatic nitrogens is 2. The van der Waals surface area contributed by atoms with Gasteiger partial charge in [-0.1, -0.05) is 12.1 Å². The summed E-state index contributed by atoms with van der Waals surface area (Å²) in [5.41, 5.74) is 1.45. The second-order valence-corrected chi connectivity index (χ2v) is 5.16. The Hall–Kier alpha value is -3.34. The van der Waals surface area contributed by atoms with E-state index in [4.69, 9.17) is 19.6 Å². The number of carbonyl (C=O) groups is 2. The molecule has 2 aromatic rings. The van der Waals surface area contributed by atoms with Crippen LogP contribution in [-0.4, -0.2) is 41.5 Å². The fourth-order valence-corrected chi connectivity index (χ4v) is 2.30. The molecule has 8 heteroatoms. The molecule has 1 heterocycles. The van der Waals surface area contributed by atoms with E-state index >= 15 is 0 Å². The predicted molar refractivity (Wildman–Crippen MR) is 91.2 cm³/mol. The molecule has 1 aromatic carbocycles. The Morgan fingerprint density at radius 3 is 2.62 bits per heavy atom. The molecule has 0 saturated carbocycles. The Morgan fingerprint density at radius 2 is 1.96 bits per heavy atom. The van der Waals surface area contributed by atoms with Crippen LogP contribution >= 0.6 is 0 Å². The molecule has 0 radical (unpaired) electrons. The number of nitrogens with zero attached hydrogens (tertiary/aromatic N) is 3. The summed E-state index contributed by atoms with van der Waals surface area (Å²) < 4.78 is 11.0. The highest BCUT2D eigenvalue weighted by Gasteiger charge is 2.25. The lowest BCUT2D eigenvalue weighted by Crippen LogP contribution is -2.26. The van der Waals surface area contributed by atoms with Crippen LogP contribution in [0, 0.1) is 18.3 Å². The van der Waals surface area contributed by atoms with E-state index in [9.17, 15) is 9.59 Å². The van der Waals surface area contributed by atoms with Crippen LogP contribution in [0.2, 0.25) is 0 Å². The van der Waals surface area contributed by atoms with Gasteiger partial charge in [0.1, 0.15) is 0 Å². The van der Waals surface area contributed by atoms with Gasteiger partial charge in [0.05, 0.1) is 30.5 Å². The van der Waals surface area contributed by atoms with Crippen LogP contribution in [0.4, 0.5) is 0 Å². The van der Waals surface area contributed by atoms with Crippen molar-refractivity contribution < 1.29 is 23.9 Å². The van der Waals surface area contributed by atoms with Crippen molar-refractivity contribution in [2.24, 2.45) is 0 Å². The molecule has 0 amide bonds. The van der Waals surface area contributed by atoms with Gasteiger partial charge in [0.15, 0.2) is 11.5 Å². The van der Waals surface area contributed by atoms with Crippen molar-refractivity contribution in [1.82, 2.24) is 9.71 Å². The first-order chi connectivity index (χ1) is 12.5. The summed E-state index contributed by atoms with van der Waals surface area (Å²) in [4.78, 5) is 33.8. The van der Waals surface area contributed by atoms with Gasteiger partial charge < -0.3 is 14.3 Å². The Kier molecular flexibility index (Phi) is 6.33. The predicted octanol–water partition coefficient (Wildman–Crippen LogP) is 1.90. The highest BCUT2D eigenvalue weighted by atomic mass is 16.7. The minimum Gasteiger partial charge on any atom is -0.463 e. The zero-order valence-electron chi connectivity index (χ0n) is 14.8. The molecule has 136 valence electrons. The fourth-order valence-electron chi connectivity index (χ4n) is 2.30. The molecule has 0 aliphatic heterocycles. The van der Waals surface area contributed by atoms with Crippen molar-refractivity contribution in [2.75, 3.05) is 19.8 Å². The molecule has 0 unspecified atom stereocenters. The second-order valence-electron chi connectivity index (χ2n) is 5.16. The molecule has 0 saturated heterocycles. The van der Waals surface area contributed by atoms with Crippen molar-refractivity contribution in [3.8, 4) is 17.5 Å². The van der Waals surface area contributed by atoms with Crippen LogP contribution in [0.3, 0.4) is 0 Å². The maximum atomic E-state index is 12.3. The van der Waals surface area contributed by atoms with Crippen LogP contribution < -0.4 is 4.84 Å². The summed E-state index contributed by atoms with van der Waals surface area (Å²) in [7, 11) is 0. The molecule has 0 spiro atoms. The van der Waals surface area contributed by atoms with Gasteiger partial charge >= 0.3 is 11.9 Å². The summed E-state index contributed by atoms with van der Waals surface area (Å²) in [6, 6.07) is 8.72. The van der Waals surface area contributed by atoms with Gasteiger partial charge in [-0.15, -0.1) is 0 Å². The maximum absolute atomic E-state index is 12.3. The topological polar surface area (TPSA) is 103 Å². The SMILES string of the molecule is CCOC(=O)COn1c(-c2cccc(C#N)c2)nc(C)c1C(=O)OCC. The van der Waals surface area contributed by atoms with Crippen molar-refractivity contribution in [2.45, 2.75) is 20.8 Å². The molecule has 0 aliphatic rings. The van der Waals surface area contributed by atoms with Crippen LogP contribution in [0.5, 0.6) is 0 Å². The number of ether oxygens (including phenoxy) is 2. The molecule has 2 rings (SSSR count). The molecule has 8 nitrogen and oxygen atoms in total. The lowest BCUT2D eigenvalue weighted by molar-refractivity contribution is -0.148. The molecule has 0 atom stereocenters. The summed E-state index contributed by atoms with van der Waals surface area (Å²) in [5, 5.41) is 9.09. The van der Waals surface area contributed by atoms with Gasteiger partial charge in [-0.25, -0.2) is 14.6 Å². The largest absolute Gasteiger partial charge is 0.463 e. The normalized spacial score (nSPS) is 10.1. The first-order valence-electron chi connectivity index (χ1n) is 8.07. The number of imidazole rings is 1. The number of esters is 2. The first-order valence-corrected chi connectivity index (χ1v) is 8.07. The van der Waals surface area contributed by atoms with Crippen molar-refractivity contribution >= 4 is 11.9 Å². The zero-order chi connectivity index (χ0) is 19.1. The van der Waals surface area contributed by atoms with Crippen molar-refractivity contribution in [1.29, 1.82) is 5.26 Å². The van der Waals surface area contributed by atoms with E-state index in [1.807, 2.05) is 6.07 Å². The third kappa shape index (κ3) is 4.19. The third-order valence-electron chi connectivity index (χ3n) is 3.35. The standard InChI is InChI=1S/C18H19N3O5/c1-4-24-15(22)11-26-21-16(18(23)25-5-2)12(3)20-17(21)14-8-6-7-13(9-14)10-19/h6-9H,4-5,11H2,1-3H3. The van der Waals surface area contributed by atoms with Crippen LogP contribution in [-0.2, 0) is 14.3 Å². The van der Waals surface area contributed by atoms with Crippen LogP contribution in [0.15, 0.2) is 24.3 Å². The number of rotatable bonds is 7. The van der Waals surface area contributed by atoms with Gasteiger partial charge in [0.2, 0.25) is 6.61 Å². The highest BCUT2D eigenvalue weighted by Crippen LogP contribution is 2.23. The van der Waals surface area contributed by atoms with Gasteiger partial charge in [-0.05, 0) is 32.9 Å². The van der Waals surface area contributed by atoms with Crippen LogP contribution in [0.25, 0.3) is 11.4 Å². The Balaban J connectivity index is 2.49. The molecule has 1 aromatic heterocycles. The average molecular weight is 357 g/mol. The Bertz CT molecular complexity index is 851. The Morgan fingerprint density at radius 1 is 1.23 bits per heavy atom. The van der Waals surface area contributed by atoms with Gasteiger partial charge in [-0.2, -0.15) is 9.99 Å². The van der Waals surface area contributed by atoms with Crippen molar-refractivity contribution in [3.63, 3.8) is 0 Å². The van der Waals surface area contributed by atoms with Gasteiger partial charge in [0, 0.05) is 5.56 Å². The number of aryl methyl sites for hydroxylation is 1. The highest BCUT2D eigenvalue weighted by molar-refractivity contribution is 5.89. The zero-order valence-corrected chi connectivity index (χ0v) is 14.8. The minimum absolute atomic E-state index is 0.0773. The molecule has 0 bridgehead atoms. The number of nitriles is 1. The minimum atomic E-state index is -0.621. The summed E-state index contributed by atoms with van der Waals surface area (Å²) in [5.74, 6) is -0.915. The number of benzene rings is 1. The summed E-state index contributed by atoms with van der Waals surface area (Å²) >= 11 is 0. The molecular formula is C18H19N3O5. The van der Waals surface area contributed by atoms with E-state index in [2.05, 4.69) is 4.98 Å². The van der Waals surface area contributed by atoms with E-state index < -0.39 is 18.5 Å². The number of hydrogen-bond donors (Lipinski definition) is 0. The summed E-state index contributed by atoms with van der Waals surface area (Å²) in [6.45, 7) is 5.00. The van der Waals surface area contributed by atoms with E-state index in [1.54, 1.807) is 45.0 Å². The van der Waals surface area contributed by atoms with E-state index in [0.29, 0.717) is 16.8 Å². The van der Waals surface area contributed by atoms with Crippen LogP contribution in [0.1, 0.15) is 35.6 Å². The molecule has 0 N–H and O–H groups in total. The molecule has 0 fully saturated rings. The summed E-state index contributed by atoms with van der Waals surface area (Å²) in [6.07, 6.45) is 0. The van der Waals surface area contributed by atoms with Gasteiger partial charge in [0.25, 0.3) is 0 Å². The number of hydrogen-bond acceptors (Lipinski definition) is 7. The lowest BCUT2D eigenvalue weighted by atomic mass is 10.1. The molecule has 26 heavy (non-hydrogen) atoms. The first kappa shape index (κ1) is 19.0. The van der Waals surface area contributed by atoms with E-state index in [1.165, 1.54) is 0 Å². The maximum Gasteiger partial charge on any atom is 0.360 e. The molecular weight excluding hydrogens is 338 g/mol. The van der Waals surface area contributed by atoms with E-state index in [0.717, 1.165) is 4.73 Å². The number of carbonyl (C=O) groups excluding carboxylic acids is 2. The van der Waals surface area contributed by atoms with E-state index in [-0.39, 0.29) is 24.7 Å². The lowest BCUT2D eigenvalue weighted by Gasteiger charge is -2.12. The smallest absolute Gasteiger partial charge is 0.360 e. The average Bonchev–Trinajstić information content (AvgIpc) is 2.97. The molecule has 0 aliphatic carbocycles. The Labute approximate surface area is 150 Å².